The molecule has 832 valence electrons. The van der Waals surface area contributed by atoms with Crippen molar-refractivity contribution < 1.29 is 221 Å². The Hall–Kier alpha value is -5.78. The number of aliphatic hydroxyl groups is 10. The number of aromatic nitrogens is 4. The molecule has 7 heterocycles. The number of phosphoric acid groups is 1. The van der Waals surface area contributed by atoms with Gasteiger partial charge in [0.1, 0.15) is 129 Å². The van der Waals surface area contributed by atoms with Gasteiger partial charge in [-0.1, -0.05) is 39.0 Å². The average molecular weight is 2370 g/mol. The maximum atomic E-state index is 14.3. The van der Waals surface area contributed by atoms with Gasteiger partial charge in [-0.2, -0.15) is 0 Å². The van der Waals surface area contributed by atoms with E-state index in [4.69, 9.17) is 68.1 Å². The summed E-state index contributed by atoms with van der Waals surface area (Å²) in [6.45, 7) is 0.472. The Morgan fingerprint density at radius 1 is 0.514 bits per heavy atom. The van der Waals surface area contributed by atoms with Crippen molar-refractivity contribution in [2.45, 2.75) is 355 Å². The number of nitrogens with one attached hydrogen (secondary N) is 5. The van der Waals surface area contributed by atoms with Crippen LogP contribution in [-0.2, 0) is 127 Å². The molecule has 51 nitrogen and oxygen atoms in total. The quantitative estimate of drug-likeness (QED) is 0.0302. The van der Waals surface area contributed by atoms with Crippen LogP contribution in [0.5, 0.6) is 0 Å². The summed E-state index contributed by atoms with van der Waals surface area (Å²) in [5, 5.41) is 116. The van der Waals surface area contributed by atoms with E-state index in [1.165, 1.54) is 29.6 Å². The van der Waals surface area contributed by atoms with Gasteiger partial charge < -0.3 is 155 Å². The Morgan fingerprint density at radius 2 is 0.952 bits per heavy atom. The fraction of sp³-hybridized carbons (Fsp3) is 0.824. The van der Waals surface area contributed by atoms with Crippen LogP contribution in [0.2, 0.25) is 1.41 Å². The number of amides is 6. The summed E-state index contributed by atoms with van der Waals surface area (Å²) in [6, 6.07) is -3.11. The molecule has 6 amide bonds. The van der Waals surface area contributed by atoms with Gasteiger partial charge in [-0.25, -0.2) is 19.5 Å². The number of rotatable bonds is 77. The van der Waals surface area contributed by atoms with Crippen molar-refractivity contribution in [3.05, 3.63) is 12.7 Å². The molecule has 2 aromatic heterocycles. The summed E-state index contributed by atoms with van der Waals surface area (Å²) in [5.41, 5.74) is 4.97. The van der Waals surface area contributed by atoms with Crippen LogP contribution in [0, 0.1) is 37.0 Å². The molecule has 146 heavy (non-hydrogen) atoms. The van der Waals surface area contributed by atoms with E-state index >= 15 is 0 Å². The minimum atomic E-state index is -5.18. The zero-order valence-electron chi connectivity index (χ0n) is 84.4. The molecule has 24 atom stereocenters. The van der Waals surface area contributed by atoms with E-state index in [0.717, 1.165) is 6.33 Å². The molecule has 10 unspecified atom stereocenters. The molecule has 0 aromatic carbocycles. The molecule has 0 radical (unpaired) electrons. The zero-order valence-corrected chi connectivity index (χ0v) is 90.3. The topological polar surface area (TPSA) is 761 Å². The van der Waals surface area contributed by atoms with Gasteiger partial charge in [-0.3, -0.25) is 76.4 Å². The Bertz CT molecular complexity index is 4380. The third kappa shape index (κ3) is 45.9. The molecule has 0 bridgehead atoms. The normalized spacial score (nSPS) is 26.2. The van der Waals surface area contributed by atoms with E-state index in [2.05, 4.69) is 41.5 Å². The summed E-state index contributed by atoms with van der Waals surface area (Å²) < 4.78 is 122. The summed E-state index contributed by atoms with van der Waals surface area (Å²) in [4.78, 5) is 178. The molecular weight excluding hydrogens is 2220 g/mol. The van der Waals surface area contributed by atoms with Crippen LogP contribution in [0.3, 0.4) is 0 Å². The minimum Gasteiger partial charge on any atom is -0.394 e. The Morgan fingerprint density at radius 3 is 1.47 bits per heavy atom. The second-order valence-corrected chi connectivity index (χ2v) is 41.8. The largest absolute Gasteiger partial charge is 0.472 e. The van der Waals surface area contributed by atoms with Gasteiger partial charge in [0.05, 0.1) is 103 Å². The molecule has 0 spiro atoms. The summed E-state index contributed by atoms with van der Waals surface area (Å²) in [5.74, 6) is -3.30. The molecule has 5 aliphatic rings. The number of unbranched alkanes of at least 4 members (excludes halogenated alkanes) is 12. The van der Waals surface area contributed by atoms with E-state index < -0.39 is 214 Å². The van der Waals surface area contributed by atoms with Gasteiger partial charge >= 0.3 is 15.4 Å². The first-order valence-corrected chi connectivity index (χ1v) is 54.7. The number of nitrogens with zero attached hydrogens (tertiary/aromatic N) is 5. The Kier molecular flexibility index (Phi) is 59.5. The molecular formula is C91H155N12O39P3U. The number of ether oxygens (including phenoxy) is 10. The summed E-state index contributed by atoms with van der Waals surface area (Å²) in [6.07, 6.45) is -8.24. The second kappa shape index (κ2) is 68.4. The molecule has 5 saturated heterocycles. The SMILES string of the molecule is [2H]N[PH](=O)CC(=O)P(=O)(O)OC[C@H]1O[C@@H](n2cnc3c(N)ncnc32)C[C@@H]1OP(=O)(O)OC[C@@H]1C[C@@H](O)CN1C(=O)CCCCCCCCC(=O)NC(COCCC(=O)CCCCCC(=O)CCCCO[C@@H]1OC(CO)[C@H](O)[C@H](O)C1NC(C)=O)(COCCC(=O)CCCCNC(=O)CCCCO[C@@H]1OC(CO)[C@H](O)[C@H](O)C1C)COCCC(=O)NCCCCC(=O)CCCCO[C@@H]1OC(CO)[C@H](O)[C@H](O)C1NC(C)=O.[U]. The van der Waals surface area contributed by atoms with Crippen LogP contribution in [0.4, 0.5) is 5.82 Å². The van der Waals surface area contributed by atoms with Crippen LogP contribution in [0.15, 0.2) is 12.7 Å². The third-order valence-electron chi connectivity index (χ3n) is 25.3. The molecule has 21 N–H and O–H groups in total. The number of nitrogens with two attached hydrogens (primary N) is 2. The Balaban J connectivity index is 0.0000330. The molecule has 0 aliphatic carbocycles. The van der Waals surface area contributed by atoms with Gasteiger partial charge in [-0.05, 0) is 96.3 Å². The number of ketones is 4. The number of imidazole rings is 1. The second-order valence-electron chi connectivity index (χ2n) is 37.4. The molecule has 5 fully saturated rings. The van der Waals surface area contributed by atoms with E-state index in [9.17, 15) is 127 Å². The maximum absolute atomic E-state index is 14.3. The first-order chi connectivity index (χ1) is 69.7. The first kappa shape index (κ1) is 127. The molecule has 2 aromatic rings. The predicted octanol–water partition coefficient (Wildman–Crippen LogP) is -0.159. The van der Waals surface area contributed by atoms with Crippen LogP contribution in [-0.4, -0.2) is 383 Å². The number of anilines is 1. The predicted molar refractivity (Wildman–Crippen MR) is 512 cm³/mol. The van der Waals surface area contributed by atoms with Crippen molar-refractivity contribution in [3.63, 3.8) is 0 Å². The average Bonchev–Trinajstić information content (AvgIpc) is 1.68. The van der Waals surface area contributed by atoms with Crippen LogP contribution in [0.1, 0.15) is 239 Å². The van der Waals surface area contributed by atoms with Crippen molar-refractivity contribution in [3.8, 4) is 0 Å². The number of carbonyl (C=O) groups is 11. The number of likely N-dealkylation sites (tertiary alicyclic amines) is 1. The number of hydrogen-bond donors (Lipinski definition) is 19. The fourth-order valence-corrected chi connectivity index (χ4v) is 20.1. The van der Waals surface area contributed by atoms with Gasteiger partial charge in [0.15, 0.2) is 30.3 Å². The van der Waals surface area contributed by atoms with Crippen molar-refractivity contribution in [2.75, 3.05) is 124 Å². The number of β-amino-alcohol motifs (C(OH)–C–C–N with tert-alkyl or cyclic N) is 1. The fourth-order valence-electron chi connectivity index (χ4n) is 17.1. The molecule has 7 rings (SSSR count). The van der Waals surface area contributed by atoms with Gasteiger partial charge in [0.25, 0.3) is 5.52 Å². The number of phosphoric ester groups is 1. The number of Topliss-reactive ketones (excluding diaryl/α,β-unsaturated/α-hetero) is 4. The van der Waals surface area contributed by atoms with Gasteiger partial charge in [-0.15, -0.1) is 0 Å². The smallest absolute Gasteiger partial charge is 0.394 e. The van der Waals surface area contributed by atoms with E-state index in [0.29, 0.717) is 129 Å². The molecule has 5 aliphatic heterocycles. The summed E-state index contributed by atoms with van der Waals surface area (Å²) in [7, 11) is -13.4. The van der Waals surface area contributed by atoms with Crippen molar-refractivity contribution in [1.29, 1.82) is 0 Å². The number of aliphatic hydroxyl groups excluding tert-OH is 10. The van der Waals surface area contributed by atoms with Gasteiger partial charge in [0.2, 0.25) is 35.4 Å². The first-order valence-electron chi connectivity index (χ1n) is 50.6. The number of nitrogen functional groups attached to an aromatic ring is 1. The van der Waals surface area contributed by atoms with Crippen LogP contribution >= 0.6 is 23.4 Å². The van der Waals surface area contributed by atoms with Crippen LogP contribution < -0.4 is 37.8 Å². The summed E-state index contributed by atoms with van der Waals surface area (Å²) >= 11 is 0. The minimum absolute atomic E-state index is 0. The molecule has 0 saturated carbocycles. The van der Waals surface area contributed by atoms with E-state index in [-0.39, 0.29) is 251 Å². The standard InChI is InChI=1S/C91H155N12O39P3.U/c1-57-80(119)81(120)67(46-104)139-88(57)133-37-22-17-29-71(114)94-35-19-14-26-64(112)33-41-131-53-91(52-130-40-32-63(111)24-10-8-9-23-61(109)27-15-20-38-134-89-77(99-58(2)107)84(123)82(121)68(47-105)140-89,54-132-42-34-72(115)95-36-18-13-25-62(110)28-16-21-39-135-90-78(100-59(3)108)85(124)83(122)69(48-106)141-90)101-73(116)30-11-6-4-5-7-12-31-74(117)102-45-65(113)43-60(102)49-137-145(128,129)142-66-44-75(103-56-98-79-86(92)96-55-97-87(79)103)138-70(66)50-136-144(126,127)76(118)51-143(93)125;/h55-57,60,65-70,75,77-78,80-85,88-90,104-106,113,119-124,143H,4-54H2,1-3H3,(H2,93,125)(H,94,114)(H,95,115)(H,99,107)(H,100,108)(H,101,116)(H,126,127)(H,128,129)(H2,92,96,97);/t57?,60-,65+,66-,67?,68?,69?,70+,75+,77?,78?,80+,81-,82-,83-,84+,85+,88+,89+,90+,91?;/m0./s1/i/hD. The van der Waals surface area contributed by atoms with Crippen molar-refractivity contribution in [1.82, 2.24) is 51.0 Å². The van der Waals surface area contributed by atoms with Crippen molar-refractivity contribution >= 4 is 104 Å². The van der Waals surface area contributed by atoms with Crippen LogP contribution in [0.25, 0.3) is 11.2 Å². The third-order valence-corrected chi connectivity index (χ3v) is 28.5. The number of fused-ring (bicyclic) bond motifs is 1. The number of carbonyl (C=O) groups excluding carboxylic acids is 11. The van der Waals surface area contributed by atoms with Gasteiger partial charge in [0, 0.05) is 174 Å². The maximum Gasteiger partial charge on any atom is 0.472 e. The van der Waals surface area contributed by atoms with Crippen molar-refractivity contribution in [2.24, 2.45) is 11.4 Å². The molecule has 55 heteroatoms. The zero-order chi connectivity index (χ0) is 107. The van der Waals surface area contributed by atoms with E-state index in [1.807, 2.05) is 0 Å². The Labute approximate surface area is 874 Å². The van der Waals surface area contributed by atoms with E-state index in [1.54, 1.807) is 12.4 Å². The number of hydrogen-bond acceptors (Lipinski definition) is 41. The monoisotopic (exact) mass is 2370 g/mol.